The van der Waals surface area contributed by atoms with Crippen LogP contribution in [0.4, 0.5) is 0 Å². The molecule has 0 saturated carbocycles. The second-order valence-corrected chi connectivity index (χ2v) is 4.88. The Morgan fingerprint density at radius 1 is 1.29 bits per heavy atom. The Morgan fingerprint density at radius 2 is 2.18 bits per heavy atom. The molecule has 1 rings (SSSR count). The molecule has 0 aliphatic heterocycles. The molecule has 4 nitrogen and oxygen atoms in total. The van der Waals surface area contributed by atoms with E-state index in [4.69, 9.17) is 9.47 Å². The van der Waals surface area contributed by atoms with E-state index < -0.39 is 0 Å². The number of hydrogen-bond acceptors (Lipinski definition) is 5. The molecule has 0 aliphatic rings. The van der Waals surface area contributed by atoms with Crippen LogP contribution in [0.3, 0.4) is 0 Å². The average Bonchev–Trinajstić information content (AvgIpc) is 2.73. The Hall–Kier alpha value is -0.490. The molecule has 0 fully saturated rings. The van der Waals surface area contributed by atoms with E-state index in [2.05, 4.69) is 15.7 Å². The predicted octanol–water partition coefficient (Wildman–Crippen LogP) is 1.64. The third kappa shape index (κ3) is 7.44. The lowest BCUT2D eigenvalue weighted by Crippen LogP contribution is -2.22. The van der Waals surface area contributed by atoms with Crippen LogP contribution in [0.2, 0.25) is 0 Å². The van der Waals surface area contributed by atoms with E-state index in [9.17, 15) is 0 Å². The van der Waals surface area contributed by atoms with Gasteiger partial charge < -0.3 is 14.8 Å². The van der Waals surface area contributed by atoms with Crippen LogP contribution in [0.25, 0.3) is 0 Å². The molecular weight excluding hydrogens is 236 g/mol. The van der Waals surface area contributed by atoms with Crippen molar-refractivity contribution < 1.29 is 9.47 Å². The minimum atomic E-state index is 0.764. The Labute approximate surface area is 107 Å². The van der Waals surface area contributed by atoms with Crippen molar-refractivity contribution in [2.75, 3.05) is 40.0 Å². The highest BCUT2D eigenvalue weighted by Gasteiger charge is 1.97. The standard InChI is InChI=1S/C12H22N2O2S/c1-11-14-12(10-17-11)4-5-13-6-9-16-8-3-7-15-2/h10,13H,3-9H2,1-2H3. The zero-order valence-corrected chi connectivity index (χ0v) is 11.5. The number of rotatable bonds is 10. The van der Waals surface area contributed by atoms with Crippen LogP contribution < -0.4 is 5.32 Å². The molecule has 1 aromatic rings. The smallest absolute Gasteiger partial charge is 0.0897 e. The molecule has 0 unspecified atom stereocenters. The van der Waals surface area contributed by atoms with E-state index in [1.165, 1.54) is 5.69 Å². The maximum absolute atomic E-state index is 5.44. The Bertz CT molecular complexity index is 292. The third-order valence-corrected chi connectivity index (χ3v) is 3.11. The number of nitrogens with zero attached hydrogens (tertiary/aromatic N) is 1. The van der Waals surface area contributed by atoms with Crippen LogP contribution in [-0.2, 0) is 15.9 Å². The van der Waals surface area contributed by atoms with Gasteiger partial charge in [0.2, 0.25) is 0 Å². The van der Waals surface area contributed by atoms with Crippen LogP contribution in [0.5, 0.6) is 0 Å². The number of ether oxygens (including phenoxy) is 2. The van der Waals surface area contributed by atoms with Gasteiger partial charge in [0.1, 0.15) is 0 Å². The molecule has 0 radical (unpaired) electrons. The molecular formula is C12H22N2O2S. The highest BCUT2D eigenvalue weighted by atomic mass is 32.1. The number of hydrogen-bond donors (Lipinski definition) is 1. The van der Waals surface area contributed by atoms with Gasteiger partial charge in [0.15, 0.2) is 0 Å². The molecule has 0 spiro atoms. The van der Waals surface area contributed by atoms with Crippen LogP contribution >= 0.6 is 11.3 Å². The van der Waals surface area contributed by atoms with Gasteiger partial charge in [0.05, 0.1) is 17.3 Å². The van der Waals surface area contributed by atoms with Gasteiger partial charge in [-0.15, -0.1) is 11.3 Å². The maximum atomic E-state index is 5.44. The summed E-state index contributed by atoms with van der Waals surface area (Å²) in [6.45, 7) is 6.22. The molecule has 0 bridgehead atoms. The minimum absolute atomic E-state index is 0.764. The molecule has 98 valence electrons. The van der Waals surface area contributed by atoms with E-state index in [1.54, 1.807) is 18.4 Å². The molecule has 1 N–H and O–H groups in total. The lowest BCUT2D eigenvalue weighted by atomic mass is 10.3. The first-order chi connectivity index (χ1) is 8.33. The summed E-state index contributed by atoms with van der Waals surface area (Å²) in [5.41, 5.74) is 1.18. The van der Waals surface area contributed by atoms with Gasteiger partial charge in [-0.05, 0) is 13.3 Å². The van der Waals surface area contributed by atoms with E-state index in [-0.39, 0.29) is 0 Å². The summed E-state index contributed by atoms with van der Waals surface area (Å²) < 4.78 is 10.4. The number of nitrogens with one attached hydrogen (secondary N) is 1. The van der Waals surface area contributed by atoms with Gasteiger partial charge >= 0.3 is 0 Å². The topological polar surface area (TPSA) is 43.4 Å². The summed E-state index contributed by atoms with van der Waals surface area (Å²) >= 11 is 1.71. The van der Waals surface area contributed by atoms with E-state index >= 15 is 0 Å². The van der Waals surface area contributed by atoms with E-state index in [1.807, 2.05) is 6.92 Å². The van der Waals surface area contributed by atoms with Crippen LogP contribution in [0.1, 0.15) is 17.1 Å². The molecule has 5 heteroatoms. The summed E-state index contributed by atoms with van der Waals surface area (Å²) in [4.78, 5) is 4.41. The molecule has 0 saturated heterocycles. The zero-order chi connectivity index (χ0) is 12.3. The maximum Gasteiger partial charge on any atom is 0.0897 e. The van der Waals surface area contributed by atoms with Gasteiger partial charge in [0.25, 0.3) is 0 Å². The Balaban J connectivity index is 1.84. The summed E-state index contributed by atoms with van der Waals surface area (Å²) in [5.74, 6) is 0. The Morgan fingerprint density at radius 3 is 2.88 bits per heavy atom. The fourth-order valence-electron chi connectivity index (χ4n) is 1.42. The lowest BCUT2D eigenvalue weighted by Gasteiger charge is -2.05. The summed E-state index contributed by atoms with van der Waals surface area (Å²) in [6.07, 6.45) is 1.96. The molecule has 1 aromatic heterocycles. The van der Waals surface area contributed by atoms with Crippen molar-refractivity contribution in [2.24, 2.45) is 0 Å². The van der Waals surface area contributed by atoms with Crippen molar-refractivity contribution >= 4 is 11.3 Å². The highest BCUT2D eigenvalue weighted by molar-refractivity contribution is 7.09. The molecule has 0 aromatic carbocycles. The normalized spacial score (nSPS) is 10.9. The van der Waals surface area contributed by atoms with Crippen molar-refractivity contribution in [1.82, 2.24) is 10.3 Å². The fraction of sp³-hybridized carbons (Fsp3) is 0.750. The number of aryl methyl sites for hydroxylation is 1. The second kappa shape index (κ2) is 9.53. The molecule has 17 heavy (non-hydrogen) atoms. The SMILES string of the molecule is COCCCOCCNCCc1csc(C)n1. The van der Waals surface area contributed by atoms with E-state index in [0.29, 0.717) is 0 Å². The summed E-state index contributed by atoms with van der Waals surface area (Å²) in [6, 6.07) is 0. The van der Waals surface area contributed by atoms with Gasteiger partial charge in [0, 0.05) is 45.2 Å². The largest absolute Gasteiger partial charge is 0.385 e. The van der Waals surface area contributed by atoms with Gasteiger partial charge in [-0.25, -0.2) is 4.98 Å². The van der Waals surface area contributed by atoms with Crippen molar-refractivity contribution in [2.45, 2.75) is 19.8 Å². The van der Waals surface area contributed by atoms with E-state index in [0.717, 1.165) is 50.8 Å². The molecule has 0 amide bonds. The molecule has 0 atom stereocenters. The number of thiazole rings is 1. The fourth-order valence-corrected chi connectivity index (χ4v) is 2.06. The van der Waals surface area contributed by atoms with Gasteiger partial charge in [-0.3, -0.25) is 0 Å². The first-order valence-corrected chi connectivity index (χ1v) is 6.89. The molecule has 0 aliphatic carbocycles. The monoisotopic (exact) mass is 258 g/mol. The van der Waals surface area contributed by atoms with Crippen LogP contribution in [0, 0.1) is 6.92 Å². The number of aromatic nitrogens is 1. The zero-order valence-electron chi connectivity index (χ0n) is 10.7. The third-order valence-electron chi connectivity index (χ3n) is 2.28. The number of methoxy groups -OCH3 is 1. The van der Waals surface area contributed by atoms with Crippen LogP contribution in [-0.4, -0.2) is 45.0 Å². The van der Waals surface area contributed by atoms with Gasteiger partial charge in [-0.2, -0.15) is 0 Å². The van der Waals surface area contributed by atoms with Crippen molar-refractivity contribution in [3.05, 3.63) is 16.1 Å². The second-order valence-electron chi connectivity index (χ2n) is 3.82. The highest BCUT2D eigenvalue weighted by Crippen LogP contribution is 2.07. The van der Waals surface area contributed by atoms with Crippen molar-refractivity contribution in [1.29, 1.82) is 0 Å². The van der Waals surface area contributed by atoms with Gasteiger partial charge in [-0.1, -0.05) is 0 Å². The Kier molecular flexibility index (Phi) is 8.17. The lowest BCUT2D eigenvalue weighted by molar-refractivity contribution is 0.104. The summed E-state index contributed by atoms with van der Waals surface area (Å²) in [7, 11) is 1.71. The predicted molar refractivity (Wildman–Crippen MR) is 70.7 cm³/mol. The van der Waals surface area contributed by atoms with Crippen molar-refractivity contribution in [3.63, 3.8) is 0 Å². The molecule has 1 heterocycles. The first-order valence-electron chi connectivity index (χ1n) is 6.01. The minimum Gasteiger partial charge on any atom is -0.385 e. The van der Waals surface area contributed by atoms with Crippen molar-refractivity contribution in [3.8, 4) is 0 Å². The quantitative estimate of drug-likeness (QED) is 0.648. The average molecular weight is 258 g/mol. The first kappa shape index (κ1) is 14.6. The summed E-state index contributed by atoms with van der Waals surface area (Å²) in [5, 5.41) is 6.61. The van der Waals surface area contributed by atoms with Crippen LogP contribution in [0.15, 0.2) is 5.38 Å².